The van der Waals surface area contributed by atoms with Gasteiger partial charge in [0.05, 0.1) is 13.2 Å². The Morgan fingerprint density at radius 1 is 1.25 bits per heavy atom. The van der Waals surface area contributed by atoms with Crippen molar-refractivity contribution in [1.82, 2.24) is 4.98 Å². The molecule has 0 aliphatic rings. The van der Waals surface area contributed by atoms with Gasteiger partial charge in [-0.3, -0.25) is 0 Å². The molecule has 6 heteroatoms. The molecule has 1 aromatic rings. The molecule has 108 valence electrons. The van der Waals surface area contributed by atoms with Crippen LogP contribution in [0.5, 0.6) is 0 Å². The minimum atomic E-state index is -0.693. The summed E-state index contributed by atoms with van der Waals surface area (Å²) in [5.41, 5.74) is 0.549. The number of hydrogen-bond acceptors (Lipinski definition) is 6. The molecular formula is C14H17NO4S. The van der Waals surface area contributed by atoms with E-state index in [1.807, 2.05) is 6.26 Å². The third kappa shape index (κ3) is 4.38. The van der Waals surface area contributed by atoms with Crippen LogP contribution in [0.25, 0.3) is 6.08 Å². The highest BCUT2D eigenvalue weighted by atomic mass is 32.2. The third-order valence-electron chi connectivity index (χ3n) is 2.28. The van der Waals surface area contributed by atoms with Gasteiger partial charge < -0.3 is 9.47 Å². The zero-order chi connectivity index (χ0) is 15.0. The van der Waals surface area contributed by atoms with Crippen molar-refractivity contribution in [2.45, 2.75) is 18.9 Å². The number of carbonyl (C=O) groups excluding carboxylic acids is 2. The predicted octanol–water partition coefficient (Wildman–Crippen LogP) is 2.31. The van der Waals surface area contributed by atoms with Crippen LogP contribution < -0.4 is 0 Å². The predicted molar refractivity (Wildman–Crippen MR) is 77.3 cm³/mol. The standard InChI is InChI=1S/C14H17NO4S/c1-4-18-13(16)11(14(17)19-5-2)9-10-7-6-8-15-12(10)20-3/h6-9H,4-5H2,1-3H3. The lowest BCUT2D eigenvalue weighted by Crippen LogP contribution is -2.18. The zero-order valence-corrected chi connectivity index (χ0v) is 12.5. The summed E-state index contributed by atoms with van der Waals surface area (Å²) in [4.78, 5) is 27.9. The molecule has 1 heterocycles. The van der Waals surface area contributed by atoms with E-state index in [4.69, 9.17) is 9.47 Å². The van der Waals surface area contributed by atoms with Crippen molar-refractivity contribution in [1.29, 1.82) is 0 Å². The Labute approximate surface area is 122 Å². The summed E-state index contributed by atoms with van der Waals surface area (Å²) >= 11 is 1.43. The van der Waals surface area contributed by atoms with E-state index in [0.29, 0.717) is 5.56 Å². The van der Waals surface area contributed by atoms with Crippen LogP contribution in [-0.4, -0.2) is 36.4 Å². The van der Waals surface area contributed by atoms with Gasteiger partial charge in [-0.1, -0.05) is 6.07 Å². The van der Waals surface area contributed by atoms with Crippen LogP contribution in [0.4, 0.5) is 0 Å². The fourth-order valence-electron chi connectivity index (χ4n) is 1.46. The summed E-state index contributed by atoms with van der Waals surface area (Å²) in [6, 6.07) is 3.51. The Hall–Kier alpha value is -1.82. The SMILES string of the molecule is CCOC(=O)C(=Cc1cccnc1SC)C(=O)OCC. The molecule has 1 rings (SSSR count). The van der Waals surface area contributed by atoms with Crippen LogP contribution in [0.2, 0.25) is 0 Å². The molecule has 0 aliphatic heterocycles. The van der Waals surface area contributed by atoms with E-state index >= 15 is 0 Å². The Balaban J connectivity index is 3.17. The summed E-state index contributed by atoms with van der Waals surface area (Å²) < 4.78 is 9.76. The van der Waals surface area contributed by atoms with Gasteiger partial charge in [0.15, 0.2) is 0 Å². The van der Waals surface area contributed by atoms with Crippen LogP contribution in [0.15, 0.2) is 28.9 Å². The molecule has 0 bridgehead atoms. The summed E-state index contributed by atoms with van der Waals surface area (Å²) in [5.74, 6) is -1.39. The maximum atomic E-state index is 11.8. The number of carbonyl (C=O) groups is 2. The van der Waals surface area contributed by atoms with E-state index in [9.17, 15) is 9.59 Å². The molecule has 0 unspecified atom stereocenters. The quantitative estimate of drug-likeness (QED) is 0.264. The van der Waals surface area contributed by atoms with Crippen molar-refractivity contribution in [3.63, 3.8) is 0 Å². The number of rotatable bonds is 6. The number of esters is 2. The maximum absolute atomic E-state index is 11.8. The molecule has 20 heavy (non-hydrogen) atoms. The molecule has 0 spiro atoms. The van der Waals surface area contributed by atoms with Gasteiger partial charge in [0.1, 0.15) is 10.6 Å². The zero-order valence-electron chi connectivity index (χ0n) is 11.7. The second kappa shape index (κ2) is 8.37. The Kier molecular flexibility index (Phi) is 6.79. The lowest BCUT2D eigenvalue weighted by Gasteiger charge is -2.07. The molecular weight excluding hydrogens is 278 g/mol. The molecule has 5 nitrogen and oxygen atoms in total. The minimum absolute atomic E-state index is 0.128. The van der Waals surface area contributed by atoms with Crippen molar-refractivity contribution in [2.24, 2.45) is 0 Å². The molecule has 0 atom stereocenters. The van der Waals surface area contributed by atoms with Crippen molar-refractivity contribution in [3.8, 4) is 0 Å². The molecule has 0 saturated heterocycles. The average molecular weight is 295 g/mol. The number of ether oxygens (including phenoxy) is 2. The van der Waals surface area contributed by atoms with Crippen molar-refractivity contribution < 1.29 is 19.1 Å². The second-order valence-corrected chi connectivity index (χ2v) is 4.40. The summed E-state index contributed by atoms with van der Waals surface area (Å²) in [7, 11) is 0. The van der Waals surface area contributed by atoms with Gasteiger partial charge >= 0.3 is 11.9 Å². The van der Waals surface area contributed by atoms with Crippen LogP contribution in [0.1, 0.15) is 19.4 Å². The molecule has 1 aromatic heterocycles. The van der Waals surface area contributed by atoms with E-state index < -0.39 is 11.9 Å². The molecule has 0 N–H and O–H groups in total. The van der Waals surface area contributed by atoms with Crippen LogP contribution in [0.3, 0.4) is 0 Å². The van der Waals surface area contributed by atoms with Crippen LogP contribution >= 0.6 is 11.8 Å². The Bertz CT molecular complexity index is 494. The summed E-state index contributed by atoms with van der Waals surface area (Å²) in [5, 5.41) is 0.721. The Morgan fingerprint density at radius 3 is 2.35 bits per heavy atom. The van der Waals surface area contributed by atoms with E-state index in [1.54, 1.807) is 32.2 Å². The molecule has 0 aliphatic carbocycles. The largest absolute Gasteiger partial charge is 0.462 e. The number of hydrogen-bond donors (Lipinski definition) is 0. The van der Waals surface area contributed by atoms with Gasteiger partial charge in [-0.05, 0) is 32.2 Å². The maximum Gasteiger partial charge on any atom is 0.345 e. The highest BCUT2D eigenvalue weighted by Crippen LogP contribution is 2.20. The van der Waals surface area contributed by atoms with Crippen LogP contribution in [0, 0.1) is 0 Å². The molecule has 0 aromatic carbocycles. The highest BCUT2D eigenvalue weighted by molar-refractivity contribution is 7.98. The third-order valence-corrected chi connectivity index (χ3v) is 3.01. The van der Waals surface area contributed by atoms with Crippen molar-refractivity contribution >= 4 is 29.8 Å². The van der Waals surface area contributed by atoms with E-state index in [0.717, 1.165) is 5.03 Å². The smallest absolute Gasteiger partial charge is 0.345 e. The molecule has 0 saturated carbocycles. The monoisotopic (exact) mass is 295 g/mol. The summed E-state index contributed by atoms with van der Waals surface area (Å²) in [6.07, 6.45) is 4.97. The first-order valence-electron chi connectivity index (χ1n) is 6.18. The lowest BCUT2D eigenvalue weighted by molar-refractivity contribution is -0.146. The number of aromatic nitrogens is 1. The van der Waals surface area contributed by atoms with Gasteiger partial charge in [0.2, 0.25) is 0 Å². The van der Waals surface area contributed by atoms with Gasteiger partial charge in [-0.2, -0.15) is 0 Å². The fraction of sp³-hybridized carbons (Fsp3) is 0.357. The fourth-order valence-corrected chi connectivity index (χ4v) is 1.99. The average Bonchev–Trinajstić information content (AvgIpc) is 2.45. The van der Waals surface area contributed by atoms with E-state index in [2.05, 4.69) is 4.98 Å². The van der Waals surface area contributed by atoms with Gasteiger partial charge in [0, 0.05) is 11.8 Å². The normalized spacial score (nSPS) is 9.75. The molecule has 0 fully saturated rings. The van der Waals surface area contributed by atoms with Crippen molar-refractivity contribution in [2.75, 3.05) is 19.5 Å². The van der Waals surface area contributed by atoms with Crippen LogP contribution in [-0.2, 0) is 19.1 Å². The number of nitrogens with zero attached hydrogens (tertiary/aromatic N) is 1. The van der Waals surface area contributed by atoms with E-state index in [1.165, 1.54) is 17.8 Å². The van der Waals surface area contributed by atoms with Gasteiger partial charge in [-0.15, -0.1) is 11.8 Å². The first-order chi connectivity index (χ1) is 9.63. The topological polar surface area (TPSA) is 65.5 Å². The van der Waals surface area contributed by atoms with Gasteiger partial charge in [0.25, 0.3) is 0 Å². The Morgan fingerprint density at radius 2 is 1.85 bits per heavy atom. The van der Waals surface area contributed by atoms with Crippen molar-refractivity contribution in [3.05, 3.63) is 29.5 Å². The highest BCUT2D eigenvalue weighted by Gasteiger charge is 2.21. The van der Waals surface area contributed by atoms with E-state index in [-0.39, 0.29) is 18.8 Å². The second-order valence-electron chi connectivity index (χ2n) is 3.60. The number of thioether (sulfide) groups is 1. The first kappa shape index (κ1) is 16.2. The summed E-state index contributed by atoms with van der Waals surface area (Å²) in [6.45, 7) is 3.74. The van der Waals surface area contributed by atoms with Gasteiger partial charge in [-0.25, -0.2) is 14.6 Å². The minimum Gasteiger partial charge on any atom is -0.462 e. The molecule has 0 amide bonds. The first-order valence-corrected chi connectivity index (χ1v) is 7.41. The molecule has 0 radical (unpaired) electrons. The lowest BCUT2D eigenvalue weighted by atomic mass is 10.1. The number of pyridine rings is 1.